The van der Waals surface area contributed by atoms with Crippen molar-refractivity contribution in [3.63, 3.8) is 0 Å². The highest BCUT2D eigenvalue weighted by atomic mass is 32.2. The molecular weight excluding hydrogens is 526 g/mol. The molecule has 0 aromatic heterocycles. The molecule has 0 heterocycles. The molecule has 0 aliphatic rings. The third-order valence-corrected chi connectivity index (χ3v) is 9.15. The minimum atomic E-state index is -3.57. The van der Waals surface area contributed by atoms with E-state index < -0.39 is 10.1 Å². The number of nitrogens with two attached hydrogens (primary N) is 1. The van der Waals surface area contributed by atoms with Crippen LogP contribution >= 0.6 is 0 Å². The molecular formula is C36H69NO3S. The van der Waals surface area contributed by atoms with Crippen LogP contribution in [0.4, 0.5) is 0 Å². The number of unbranched alkanes of at least 4 members (excludes halogenated alkanes) is 24. The van der Waals surface area contributed by atoms with Gasteiger partial charge in [0.15, 0.2) is 0 Å². The first-order valence-corrected chi connectivity index (χ1v) is 19.1. The first kappa shape index (κ1) is 40.1. The van der Waals surface area contributed by atoms with Gasteiger partial charge in [-0.05, 0) is 31.5 Å². The van der Waals surface area contributed by atoms with Gasteiger partial charge in [0.05, 0.1) is 11.5 Å². The Bertz CT molecular complexity index is 708. The molecule has 0 radical (unpaired) electrons. The van der Waals surface area contributed by atoms with Crippen molar-refractivity contribution in [3.05, 3.63) is 30.3 Å². The molecule has 0 unspecified atom stereocenters. The second kappa shape index (κ2) is 32.0. The van der Waals surface area contributed by atoms with Crippen molar-refractivity contribution >= 4 is 10.1 Å². The van der Waals surface area contributed by atoms with Crippen molar-refractivity contribution in [1.29, 1.82) is 0 Å². The Morgan fingerprint density at radius 3 is 1.15 bits per heavy atom. The quantitative estimate of drug-likeness (QED) is 0.0738. The Hall–Kier alpha value is -0.910. The van der Waals surface area contributed by atoms with Gasteiger partial charge in [0.25, 0.3) is 10.1 Å². The molecule has 1 aromatic carbocycles. The standard InChI is InChI=1S/C18H39N.C18H30O3S/c1-2-3-4-5-6-7-8-9-10-11-12-13-14-15-16-17-18-19;1-2-3-4-5-6-7-8-9-10-14-17-21-22(19,20)18-15-12-11-13-16-18/h2-19H2,1H3;11-13,15-16H,2-10,14,17H2,1H3. The van der Waals surface area contributed by atoms with Gasteiger partial charge in [-0.2, -0.15) is 8.42 Å². The van der Waals surface area contributed by atoms with Gasteiger partial charge >= 0.3 is 0 Å². The molecule has 1 rings (SSSR count). The van der Waals surface area contributed by atoms with E-state index in [1.54, 1.807) is 30.3 Å². The maximum absolute atomic E-state index is 11.9. The zero-order valence-corrected chi connectivity index (χ0v) is 28.2. The lowest BCUT2D eigenvalue weighted by Gasteiger charge is -2.05. The number of rotatable bonds is 29. The Morgan fingerprint density at radius 1 is 0.488 bits per heavy atom. The van der Waals surface area contributed by atoms with Gasteiger partial charge in [-0.15, -0.1) is 0 Å². The predicted molar refractivity (Wildman–Crippen MR) is 180 cm³/mol. The summed E-state index contributed by atoms with van der Waals surface area (Å²) in [6.07, 6.45) is 35.1. The van der Waals surface area contributed by atoms with E-state index in [9.17, 15) is 8.42 Å². The van der Waals surface area contributed by atoms with Crippen LogP contribution in [0.3, 0.4) is 0 Å². The summed E-state index contributed by atoms with van der Waals surface area (Å²) in [6.45, 7) is 5.68. The van der Waals surface area contributed by atoms with Gasteiger partial charge in [-0.1, -0.05) is 186 Å². The predicted octanol–water partition coefficient (Wildman–Crippen LogP) is 11.5. The van der Waals surface area contributed by atoms with Crippen molar-refractivity contribution in [3.8, 4) is 0 Å². The van der Waals surface area contributed by atoms with Gasteiger partial charge in [0.1, 0.15) is 0 Å². The van der Waals surface area contributed by atoms with Crippen LogP contribution < -0.4 is 5.73 Å². The molecule has 0 fully saturated rings. The summed E-state index contributed by atoms with van der Waals surface area (Å²) in [5.74, 6) is 0. The molecule has 0 amide bonds. The first-order valence-electron chi connectivity index (χ1n) is 17.7. The average molecular weight is 596 g/mol. The summed E-state index contributed by atoms with van der Waals surface area (Å²) in [4.78, 5) is 0.238. The van der Waals surface area contributed by atoms with Crippen LogP contribution in [0.15, 0.2) is 35.2 Å². The highest BCUT2D eigenvalue weighted by molar-refractivity contribution is 7.86. The van der Waals surface area contributed by atoms with Gasteiger partial charge in [0, 0.05) is 0 Å². The molecule has 0 saturated heterocycles. The van der Waals surface area contributed by atoms with Crippen LogP contribution in [0.25, 0.3) is 0 Å². The van der Waals surface area contributed by atoms with Crippen LogP contribution in [-0.4, -0.2) is 21.6 Å². The van der Waals surface area contributed by atoms with E-state index in [0.29, 0.717) is 0 Å². The van der Waals surface area contributed by atoms with Crippen molar-refractivity contribution in [1.82, 2.24) is 0 Å². The summed E-state index contributed by atoms with van der Waals surface area (Å²) in [5, 5.41) is 0. The molecule has 242 valence electrons. The van der Waals surface area contributed by atoms with Gasteiger partial charge in [0.2, 0.25) is 0 Å². The van der Waals surface area contributed by atoms with E-state index in [0.717, 1.165) is 19.4 Å². The zero-order chi connectivity index (χ0) is 30.1. The highest BCUT2D eigenvalue weighted by Gasteiger charge is 2.13. The zero-order valence-electron chi connectivity index (χ0n) is 27.4. The highest BCUT2D eigenvalue weighted by Crippen LogP contribution is 2.15. The third-order valence-electron chi connectivity index (χ3n) is 7.83. The smallest absolute Gasteiger partial charge is 0.296 e. The van der Waals surface area contributed by atoms with Crippen molar-refractivity contribution in [2.75, 3.05) is 13.2 Å². The lowest BCUT2D eigenvalue weighted by molar-refractivity contribution is 0.306. The van der Waals surface area contributed by atoms with Crippen molar-refractivity contribution < 1.29 is 12.6 Å². The summed E-state index contributed by atoms with van der Waals surface area (Å²) in [6, 6.07) is 8.33. The van der Waals surface area contributed by atoms with E-state index in [2.05, 4.69) is 13.8 Å². The SMILES string of the molecule is CCCCCCCCCCCCCCCCCCN.CCCCCCCCCCCCOS(=O)(=O)c1ccccc1. The second-order valence-corrected chi connectivity index (χ2v) is 13.5. The van der Waals surface area contributed by atoms with Crippen LogP contribution in [0.2, 0.25) is 0 Å². The summed E-state index contributed by atoms with van der Waals surface area (Å²) >= 11 is 0. The topological polar surface area (TPSA) is 69.4 Å². The number of hydrogen-bond acceptors (Lipinski definition) is 4. The fraction of sp³-hybridized carbons (Fsp3) is 0.833. The number of hydrogen-bond donors (Lipinski definition) is 1. The molecule has 0 bridgehead atoms. The Balaban J connectivity index is 0.000000790. The molecule has 0 saturated carbocycles. The molecule has 2 N–H and O–H groups in total. The van der Waals surface area contributed by atoms with Gasteiger partial charge in [-0.25, -0.2) is 0 Å². The Kier molecular flexibility index (Phi) is 31.3. The maximum atomic E-state index is 11.9. The summed E-state index contributed by atoms with van der Waals surface area (Å²) < 4.78 is 28.8. The van der Waals surface area contributed by atoms with Crippen molar-refractivity contribution in [2.45, 2.75) is 186 Å². The normalized spacial score (nSPS) is 11.4. The van der Waals surface area contributed by atoms with Gasteiger partial charge < -0.3 is 5.73 Å². The van der Waals surface area contributed by atoms with E-state index >= 15 is 0 Å². The number of benzene rings is 1. The lowest BCUT2D eigenvalue weighted by atomic mass is 10.0. The van der Waals surface area contributed by atoms with Crippen LogP contribution in [-0.2, 0) is 14.3 Å². The second-order valence-electron chi connectivity index (χ2n) is 11.9. The Labute approximate surface area is 257 Å². The molecule has 4 nitrogen and oxygen atoms in total. The molecule has 0 aliphatic heterocycles. The minimum absolute atomic E-state index is 0.238. The fourth-order valence-corrected chi connectivity index (χ4v) is 6.07. The summed E-state index contributed by atoms with van der Waals surface area (Å²) in [7, 11) is -3.57. The van der Waals surface area contributed by atoms with Crippen LogP contribution in [0.5, 0.6) is 0 Å². The lowest BCUT2D eigenvalue weighted by Crippen LogP contribution is -2.07. The van der Waals surface area contributed by atoms with Gasteiger partial charge in [-0.3, -0.25) is 4.18 Å². The summed E-state index contributed by atoms with van der Waals surface area (Å²) in [5.41, 5.74) is 5.48. The maximum Gasteiger partial charge on any atom is 0.296 e. The molecule has 5 heteroatoms. The molecule has 0 atom stereocenters. The molecule has 0 spiro atoms. The first-order chi connectivity index (χ1) is 20.1. The Morgan fingerprint density at radius 2 is 0.805 bits per heavy atom. The molecule has 1 aromatic rings. The third kappa shape index (κ3) is 29.0. The monoisotopic (exact) mass is 595 g/mol. The minimum Gasteiger partial charge on any atom is -0.330 e. The fourth-order valence-electron chi connectivity index (χ4n) is 5.11. The van der Waals surface area contributed by atoms with Crippen molar-refractivity contribution in [2.24, 2.45) is 5.73 Å². The van der Waals surface area contributed by atoms with E-state index in [1.165, 1.54) is 154 Å². The average Bonchev–Trinajstić information content (AvgIpc) is 2.98. The van der Waals surface area contributed by atoms with E-state index in [-0.39, 0.29) is 11.5 Å². The van der Waals surface area contributed by atoms with Crippen LogP contribution in [0.1, 0.15) is 181 Å². The van der Waals surface area contributed by atoms with Crippen LogP contribution in [0, 0.1) is 0 Å². The largest absolute Gasteiger partial charge is 0.330 e. The molecule has 0 aliphatic carbocycles. The van der Waals surface area contributed by atoms with E-state index in [4.69, 9.17) is 9.92 Å². The molecule has 41 heavy (non-hydrogen) atoms. The van der Waals surface area contributed by atoms with E-state index in [1.807, 2.05) is 0 Å².